The van der Waals surface area contributed by atoms with Gasteiger partial charge in [-0.3, -0.25) is 0 Å². The van der Waals surface area contributed by atoms with Crippen molar-refractivity contribution in [2.24, 2.45) is 0 Å². The Labute approximate surface area is 117 Å². The summed E-state index contributed by atoms with van der Waals surface area (Å²) < 4.78 is 1.85. The molecular weight excluding hydrogens is 248 g/mol. The van der Waals surface area contributed by atoms with E-state index in [0.29, 0.717) is 12.1 Å². The van der Waals surface area contributed by atoms with Crippen LogP contribution in [0.25, 0.3) is 11.0 Å². The van der Waals surface area contributed by atoms with E-state index in [0.717, 1.165) is 16.6 Å². The maximum Gasteiger partial charge on any atom is 0.113 e. The Balaban J connectivity index is 2.08. The standard InChI is InChI=1S/C16H14N4/c1-11-7-15-16(8-12(11)2)20(19-18-15)10-14-6-4-3-5-13(14)9-17/h3-8H,10H2,1-2H3. The van der Waals surface area contributed by atoms with E-state index in [1.165, 1.54) is 11.1 Å². The second kappa shape index (κ2) is 4.78. The highest BCUT2D eigenvalue weighted by Gasteiger charge is 2.09. The van der Waals surface area contributed by atoms with Crippen LogP contribution in [-0.4, -0.2) is 15.0 Å². The average molecular weight is 262 g/mol. The molecule has 0 saturated carbocycles. The van der Waals surface area contributed by atoms with Crippen molar-refractivity contribution in [3.05, 3.63) is 58.7 Å². The molecule has 0 aliphatic rings. The number of nitrogens with zero attached hydrogens (tertiary/aromatic N) is 4. The Morgan fingerprint density at radius 3 is 2.70 bits per heavy atom. The van der Waals surface area contributed by atoms with Crippen LogP contribution in [0.3, 0.4) is 0 Å². The smallest absolute Gasteiger partial charge is 0.113 e. The van der Waals surface area contributed by atoms with Crippen molar-refractivity contribution < 1.29 is 0 Å². The van der Waals surface area contributed by atoms with Gasteiger partial charge in [-0.15, -0.1) is 5.10 Å². The van der Waals surface area contributed by atoms with Crippen molar-refractivity contribution in [2.75, 3.05) is 0 Å². The molecule has 0 unspecified atom stereocenters. The molecule has 0 radical (unpaired) electrons. The largest absolute Gasteiger partial charge is 0.240 e. The summed E-state index contributed by atoms with van der Waals surface area (Å²) in [7, 11) is 0. The van der Waals surface area contributed by atoms with E-state index in [1.54, 1.807) is 0 Å². The summed E-state index contributed by atoms with van der Waals surface area (Å²) >= 11 is 0. The van der Waals surface area contributed by atoms with Crippen molar-refractivity contribution in [1.82, 2.24) is 15.0 Å². The van der Waals surface area contributed by atoms with Gasteiger partial charge in [0.05, 0.1) is 23.7 Å². The molecule has 0 aliphatic heterocycles. The van der Waals surface area contributed by atoms with Crippen LogP contribution in [0.15, 0.2) is 36.4 Å². The number of rotatable bonds is 2. The molecule has 0 fully saturated rings. The highest BCUT2D eigenvalue weighted by molar-refractivity contribution is 5.76. The second-order valence-electron chi connectivity index (χ2n) is 4.94. The molecule has 0 atom stereocenters. The monoisotopic (exact) mass is 262 g/mol. The Morgan fingerprint density at radius 1 is 1.15 bits per heavy atom. The minimum Gasteiger partial charge on any atom is -0.240 e. The number of aryl methyl sites for hydroxylation is 2. The molecule has 20 heavy (non-hydrogen) atoms. The quantitative estimate of drug-likeness (QED) is 0.713. The highest BCUT2D eigenvalue weighted by Crippen LogP contribution is 2.18. The summed E-state index contributed by atoms with van der Waals surface area (Å²) in [5.74, 6) is 0. The third kappa shape index (κ3) is 2.04. The third-order valence-corrected chi connectivity index (χ3v) is 3.59. The van der Waals surface area contributed by atoms with Crippen molar-refractivity contribution in [1.29, 1.82) is 5.26 Å². The van der Waals surface area contributed by atoms with Gasteiger partial charge in [-0.05, 0) is 48.7 Å². The predicted molar refractivity (Wildman–Crippen MR) is 77.3 cm³/mol. The molecule has 3 aromatic rings. The molecule has 0 saturated heterocycles. The molecule has 3 rings (SSSR count). The molecule has 1 heterocycles. The van der Waals surface area contributed by atoms with Gasteiger partial charge in [-0.1, -0.05) is 23.4 Å². The van der Waals surface area contributed by atoms with Gasteiger partial charge in [0, 0.05) is 0 Å². The Bertz CT molecular complexity index is 824. The number of hydrogen-bond donors (Lipinski definition) is 0. The lowest BCUT2D eigenvalue weighted by atomic mass is 10.1. The van der Waals surface area contributed by atoms with Gasteiger partial charge in [0.25, 0.3) is 0 Å². The zero-order valence-electron chi connectivity index (χ0n) is 11.5. The molecule has 4 heteroatoms. The molecular formula is C16H14N4. The zero-order chi connectivity index (χ0) is 14.1. The van der Waals surface area contributed by atoms with Crippen LogP contribution in [0, 0.1) is 25.2 Å². The number of benzene rings is 2. The number of fused-ring (bicyclic) bond motifs is 1. The lowest BCUT2D eigenvalue weighted by Crippen LogP contribution is -2.03. The molecule has 2 aromatic carbocycles. The van der Waals surface area contributed by atoms with Crippen molar-refractivity contribution in [3.8, 4) is 6.07 Å². The van der Waals surface area contributed by atoms with Gasteiger partial charge in [0.2, 0.25) is 0 Å². The number of nitriles is 1. The first kappa shape index (κ1) is 12.4. The SMILES string of the molecule is Cc1cc2nnn(Cc3ccccc3C#N)c2cc1C. The summed E-state index contributed by atoms with van der Waals surface area (Å²) in [6.45, 7) is 4.71. The van der Waals surface area contributed by atoms with E-state index < -0.39 is 0 Å². The Kier molecular flexibility index (Phi) is 2.96. The fraction of sp³-hybridized carbons (Fsp3) is 0.188. The highest BCUT2D eigenvalue weighted by atomic mass is 15.4. The summed E-state index contributed by atoms with van der Waals surface area (Å²) in [6, 6.07) is 13.9. The van der Waals surface area contributed by atoms with E-state index in [-0.39, 0.29) is 0 Å². The van der Waals surface area contributed by atoms with Gasteiger partial charge in [0.15, 0.2) is 0 Å². The molecule has 0 aliphatic carbocycles. The summed E-state index contributed by atoms with van der Waals surface area (Å²) in [4.78, 5) is 0. The molecule has 0 spiro atoms. The van der Waals surface area contributed by atoms with Gasteiger partial charge in [0.1, 0.15) is 5.52 Å². The number of hydrogen-bond acceptors (Lipinski definition) is 3. The summed E-state index contributed by atoms with van der Waals surface area (Å²) in [5.41, 5.74) is 5.96. The summed E-state index contributed by atoms with van der Waals surface area (Å²) in [6.07, 6.45) is 0. The third-order valence-electron chi connectivity index (χ3n) is 3.59. The van der Waals surface area contributed by atoms with Crippen molar-refractivity contribution >= 4 is 11.0 Å². The number of aromatic nitrogens is 3. The van der Waals surface area contributed by atoms with Crippen LogP contribution >= 0.6 is 0 Å². The lowest BCUT2D eigenvalue weighted by molar-refractivity contribution is 0.669. The summed E-state index contributed by atoms with van der Waals surface area (Å²) in [5, 5.41) is 17.6. The van der Waals surface area contributed by atoms with E-state index in [2.05, 4.69) is 36.3 Å². The van der Waals surface area contributed by atoms with Crippen LogP contribution in [0.1, 0.15) is 22.3 Å². The minimum atomic E-state index is 0.558. The van der Waals surface area contributed by atoms with Crippen LogP contribution < -0.4 is 0 Å². The van der Waals surface area contributed by atoms with E-state index in [1.807, 2.05) is 35.0 Å². The van der Waals surface area contributed by atoms with E-state index in [4.69, 9.17) is 5.26 Å². The first-order valence-electron chi connectivity index (χ1n) is 6.47. The van der Waals surface area contributed by atoms with Gasteiger partial charge >= 0.3 is 0 Å². The zero-order valence-corrected chi connectivity index (χ0v) is 11.5. The van der Waals surface area contributed by atoms with Crippen molar-refractivity contribution in [3.63, 3.8) is 0 Å². The van der Waals surface area contributed by atoms with Gasteiger partial charge in [-0.25, -0.2) is 4.68 Å². The average Bonchev–Trinajstić information content (AvgIpc) is 2.82. The van der Waals surface area contributed by atoms with Crippen LogP contribution in [-0.2, 0) is 6.54 Å². The van der Waals surface area contributed by atoms with Crippen LogP contribution in [0.4, 0.5) is 0 Å². The molecule has 1 aromatic heterocycles. The topological polar surface area (TPSA) is 54.5 Å². The Hall–Kier alpha value is -2.67. The Morgan fingerprint density at radius 2 is 1.90 bits per heavy atom. The lowest BCUT2D eigenvalue weighted by Gasteiger charge is -2.05. The van der Waals surface area contributed by atoms with Crippen LogP contribution in [0.2, 0.25) is 0 Å². The van der Waals surface area contributed by atoms with Crippen LogP contribution in [0.5, 0.6) is 0 Å². The van der Waals surface area contributed by atoms with E-state index >= 15 is 0 Å². The first-order valence-corrected chi connectivity index (χ1v) is 6.47. The molecule has 4 nitrogen and oxygen atoms in total. The first-order chi connectivity index (χ1) is 9.69. The maximum atomic E-state index is 9.15. The predicted octanol–water partition coefficient (Wildman–Crippen LogP) is 2.97. The minimum absolute atomic E-state index is 0.558. The molecule has 0 N–H and O–H groups in total. The molecule has 0 amide bonds. The second-order valence-corrected chi connectivity index (χ2v) is 4.94. The fourth-order valence-electron chi connectivity index (χ4n) is 2.27. The maximum absolute atomic E-state index is 9.15. The van der Waals surface area contributed by atoms with E-state index in [9.17, 15) is 0 Å². The van der Waals surface area contributed by atoms with Gasteiger partial charge < -0.3 is 0 Å². The van der Waals surface area contributed by atoms with Crippen molar-refractivity contribution in [2.45, 2.75) is 20.4 Å². The van der Waals surface area contributed by atoms with Gasteiger partial charge in [-0.2, -0.15) is 5.26 Å². The molecule has 98 valence electrons. The normalized spacial score (nSPS) is 10.7. The fourth-order valence-corrected chi connectivity index (χ4v) is 2.27. The molecule has 0 bridgehead atoms.